The predicted octanol–water partition coefficient (Wildman–Crippen LogP) is 2.77. The monoisotopic (exact) mass is 293 g/mol. The molecule has 0 radical (unpaired) electrons. The fraction of sp³-hybridized carbons (Fsp3) is 0.562. The molecule has 0 saturated carbocycles. The van der Waals surface area contributed by atoms with E-state index in [1.54, 1.807) is 6.92 Å². The van der Waals surface area contributed by atoms with E-state index in [1.807, 2.05) is 45.9 Å². The molecule has 0 aliphatic carbocycles. The minimum Gasteiger partial charge on any atom is -0.491 e. The fourth-order valence-electron chi connectivity index (χ4n) is 1.78. The standard InChI is InChI=1S/C16H27N3O2/c1-6-10-21-13-9-7-8-12(14(13)17)18-11(2)15(20)19-16(3,4)5/h7-9,11,18H,6,10,17H2,1-5H3,(H,19,20). The van der Waals surface area contributed by atoms with Crippen LogP contribution in [0.1, 0.15) is 41.0 Å². The first-order valence-electron chi connectivity index (χ1n) is 7.34. The van der Waals surface area contributed by atoms with Gasteiger partial charge in [-0.2, -0.15) is 0 Å². The van der Waals surface area contributed by atoms with Gasteiger partial charge in [0.15, 0.2) is 0 Å². The highest BCUT2D eigenvalue weighted by molar-refractivity contribution is 5.86. The molecule has 0 bridgehead atoms. The lowest BCUT2D eigenvalue weighted by Gasteiger charge is -2.24. The molecular weight excluding hydrogens is 266 g/mol. The minimum absolute atomic E-state index is 0.0678. The van der Waals surface area contributed by atoms with Crippen molar-refractivity contribution in [3.8, 4) is 5.75 Å². The van der Waals surface area contributed by atoms with Gasteiger partial charge in [-0.3, -0.25) is 4.79 Å². The van der Waals surface area contributed by atoms with Gasteiger partial charge in [0, 0.05) is 5.54 Å². The molecule has 0 heterocycles. The summed E-state index contributed by atoms with van der Waals surface area (Å²) in [5.74, 6) is 0.576. The Bertz CT molecular complexity index is 481. The van der Waals surface area contributed by atoms with Crippen LogP contribution in [-0.2, 0) is 4.79 Å². The molecule has 0 fully saturated rings. The number of nitrogens with two attached hydrogens (primary N) is 1. The number of amides is 1. The van der Waals surface area contributed by atoms with Crippen LogP contribution in [0.25, 0.3) is 0 Å². The van der Waals surface area contributed by atoms with Gasteiger partial charge in [0.25, 0.3) is 0 Å². The lowest BCUT2D eigenvalue weighted by molar-refractivity contribution is -0.122. The van der Waals surface area contributed by atoms with Crippen molar-refractivity contribution in [3.05, 3.63) is 18.2 Å². The van der Waals surface area contributed by atoms with Crippen LogP contribution in [0, 0.1) is 0 Å². The molecule has 1 unspecified atom stereocenters. The van der Waals surface area contributed by atoms with E-state index >= 15 is 0 Å². The number of carbonyl (C=O) groups is 1. The average molecular weight is 293 g/mol. The number of anilines is 2. The van der Waals surface area contributed by atoms with Gasteiger partial charge in [0.1, 0.15) is 11.8 Å². The lowest BCUT2D eigenvalue weighted by Crippen LogP contribution is -2.47. The molecule has 0 saturated heterocycles. The highest BCUT2D eigenvalue weighted by Crippen LogP contribution is 2.29. The number of nitrogen functional groups attached to an aromatic ring is 1. The molecule has 5 heteroatoms. The highest BCUT2D eigenvalue weighted by Gasteiger charge is 2.20. The Labute approximate surface area is 127 Å². The normalized spacial score (nSPS) is 12.6. The number of carbonyl (C=O) groups excluding carboxylic acids is 1. The van der Waals surface area contributed by atoms with E-state index in [0.717, 1.165) is 6.42 Å². The zero-order valence-corrected chi connectivity index (χ0v) is 13.6. The van der Waals surface area contributed by atoms with Crippen molar-refractivity contribution >= 4 is 17.3 Å². The Kier molecular flexibility index (Phi) is 5.88. The summed E-state index contributed by atoms with van der Waals surface area (Å²) in [4.78, 5) is 12.1. The molecule has 1 amide bonds. The maximum atomic E-state index is 12.1. The number of benzene rings is 1. The van der Waals surface area contributed by atoms with Gasteiger partial charge in [-0.15, -0.1) is 0 Å². The van der Waals surface area contributed by atoms with Gasteiger partial charge in [0.2, 0.25) is 5.91 Å². The zero-order valence-electron chi connectivity index (χ0n) is 13.6. The van der Waals surface area contributed by atoms with Gasteiger partial charge < -0.3 is 21.1 Å². The molecule has 0 aliphatic rings. The number of para-hydroxylation sites is 1. The second kappa shape index (κ2) is 7.20. The molecule has 1 rings (SSSR count). The van der Waals surface area contributed by atoms with Crippen molar-refractivity contribution in [2.45, 2.75) is 52.6 Å². The van der Waals surface area contributed by atoms with Gasteiger partial charge in [-0.25, -0.2) is 0 Å². The van der Waals surface area contributed by atoms with E-state index in [9.17, 15) is 4.79 Å². The van der Waals surface area contributed by atoms with Crippen LogP contribution in [0.2, 0.25) is 0 Å². The molecule has 0 spiro atoms. The van der Waals surface area contributed by atoms with E-state index in [2.05, 4.69) is 10.6 Å². The van der Waals surface area contributed by atoms with Gasteiger partial charge in [-0.05, 0) is 46.2 Å². The number of hydrogen-bond donors (Lipinski definition) is 3. The van der Waals surface area contributed by atoms with E-state index in [4.69, 9.17) is 10.5 Å². The third-order valence-electron chi connectivity index (χ3n) is 2.79. The smallest absolute Gasteiger partial charge is 0.242 e. The number of nitrogens with one attached hydrogen (secondary N) is 2. The Morgan fingerprint density at radius 3 is 2.62 bits per heavy atom. The number of ether oxygens (including phenoxy) is 1. The Morgan fingerprint density at radius 2 is 2.05 bits per heavy atom. The Balaban J connectivity index is 2.76. The van der Waals surface area contributed by atoms with Crippen LogP contribution in [0.3, 0.4) is 0 Å². The summed E-state index contributed by atoms with van der Waals surface area (Å²) < 4.78 is 5.58. The van der Waals surface area contributed by atoms with Crippen LogP contribution in [0.5, 0.6) is 5.75 Å². The third kappa shape index (κ3) is 5.53. The summed E-state index contributed by atoms with van der Waals surface area (Å²) in [5.41, 5.74) is 7.06. The second-order valence-corrected chi connectivity index (χ2v) is 6.17. The molecule has 1 aromatic rings. The molecule has 4 N–H and O–H groups in total. The largest absolute Gasteiger partial charge is 0.491 e. The first kappa shape index (κ1) is 17.1. The molecular formula is C16H27N3O2. The van der Waals surface area contributed by atoms with Crippen molar-refractivity contribution in [2.24, 2.45) is 0 Å². The highest BCUT2D eigenvalue weighted by atomic mass is 16.5. The van der Waals surface area contributed by atoms with Crippen LogP contribution >= 0.6 is 0 Å². The molecule has 5 nitrogen and oxygen atoms in total. The minimum atomic E-state index is -0.382. The maximum Gasteiger partial charge on any atom is 0.242 e. The van der Waals surface area contributed by atoms with Crippen LogP contribution in [-0.4, -0.2) is 24.1 Å². The quantitative estimate of drug-likeness (QED) is 0.705. The second-order valence-electron chi connectivity index (χ2n) is 6.17. The Morgan fingerprint density at radius 1 is 1.38 bits per heavy atom. The molecule has 0 aliphatic heterocycles. The lowest BCUT2D eigenvalue weighted by atomic mass is 10.1. The SMILES string of the molecule is CCCOc1cccc(NC(C)C(=O)NC(C)(C)C)c1N. The van der Waals surface area contributed by atoms with E-state index in [-0.39, 0.29) is 17.5 Å². The fourth-order valence-corrected chi connectivity index (χ4v) is 1.78. The summed E-state index contributed by atoms with van der Waals surface area (Å²) >= 11 is 0. The Hall–Kier alpha value is -1.91. The van der Waals surface area contributed by atoms with Crippen LogP contribution in [0.4, 0.5) is 11.4 Å². The number of rotatable bonds is 6. The van der Waals surface area contributed by atoms with E-state index < -0.39 is 0 Å². The molecule has 1 atom stereocenters. The summed E-state index contributed by atoms with van der Waals surface area (Å²) in [5, 5.41) is 6.07. The molecule has 1 aromatic carbocycles. The summed E-state index contributed by atoms with van der Waals surface area (Å²) in [7, 11) is 0. The average Bonchev–Trinajstić information content (AvgIpc) is 2.37. The van der Waals surface area contributed by atoms with E-state index in [0.29, 0.717) is 23.7 Å². The zero-order chi connectivity index (χ0) is 16.0. The summed E-state index contributed by atoms with van der Waals surface area (Å²) in [6.45, 7) is 10.3. The van der Waals surface area contributed by atoms with Crippen molar-refractivity contribution in [1.82, 2.24) is 5.32 Å². The van der Waals surface area contributed by atoms with Gasteiger partial charge in [0.05, 0.1) is 18.0 Å². The summed E-state index contributed by atoms with van der Waals surface area (Å²) in [6, 6.07) is 5.15. The molecule has 0 aromatic heterocycles. The van der Waals surface area contributed by atoms with Crippen molar-refractivity contribution in [3.63, 3.8) is 0 Å². The van der Waals surface area contributed by atoms with Crippen molar-refractivity contribution < 1.29 is 9.53 Å². The van der Waals surface area contributed by atoms with E-state index in [1.165, 1.54) is 0 Å². The van der Waals surface area contributed by atoms with Crippen molar-refractivity contribution in [2.75, 3.05) is 17.7 Å². The summed E-state index contributed by atoms with van der Waals surface area (Å²) in [6.07, 6.45) is 0.918. The van der Waals surface area contributed by atoms with Crippen molar-refractivity contribution in [1.29, 1.82) is 0 Å². The number of hydrogen-bond acceptors (Lipinski definition) is 4. The van der Waals surface area contributed by atoms with Gasteiger partial charge >= 0.3 is 0 Å². The predicted molar refractivity (Wildman–Crippen MR) is 87.6 cm³/mol. The van der Waals surface area contributed by atoms with Gasteiger partial charge in [-0.1, -0.05) is 13.0 Å². The first-order valence-corrected chi connectivity index (χ1v) is 7.34. The first-order chi connectivity index (χ1) is 9.74. The maximum absolute atomic E-state index is 12.1. The van der Waals surface area contributed by atoms with Crippen LogP contribution in [0.15, 0.2) is 18.2 Å². The third-order valence-corrected chi connectivity index (χ3v) is 2.79. The molecule has 118 valence electrons. The molecule has 21 heavy (non-hydrogen) atoms. The van der Waals surface area contributed by atoms with Crippen LogP contribution < -0.4 is 21.1 Å². The topological polar surface area (TPSA) is 76.4 Å².